The SMILES string of the molecule is CCC(C)(O)CNS(=O)(=O)c1cc(OC)c(OC)cc1C. The summed E-state index contributed by atoms with van der Waals surface area (Å²) in [6, 6.07) is 3.02. The molecule has 1 atom stereocenters. The minimum absolute atomic E-state index is 0.0559. The van der Waals surface area contributed by atoms with Crippen molar-refractivity contribution in [3.8, 4) is 11.5 Å². The summed E-state index contributed by atoms with van der Waals surface area (Å²) in [4.78, 5) is 0.104. The van der Waals surface area contributed by atoms with E-state index in [1.54, 1.807) is 26.8 Å². The van der Waals surface area contributed by atoms with E-state index in [-0.39, 0.29) is 11.4 Å². The molecule has 6 nitrogen and oxygen atoms in total. The fourth-order valence-corrected chi connectivity index (χ4v) is 3.11. The lowest BCUT2D eigenvalue weighted by atomic mass is 10.1. The van der Waals surface area contributed by atoms with Crippen molar-refractivity contribution in [2.75, 3.05) is 20.8 Å². The quantitative estimate of drug-likeness (QED) is 0.795. The topological polar surface area (TPSA) is 84.9 Å². The highest BCUT2D eigenvalue weighted by molar-refractivity contribution is 7.89. The van der Waals surface area contributed by atoms with E-state index in [4.69, 9.17) is 9.47 Å². The number of nitrogens with one attached hydrogen (secondary N) is 1. The van der Waals surface area contributed by atoms with Crippen molar-refractivity contribution in [3.05, 3.63) is 17.7 Å². The van der Waals surface area contributed by atoms with Crippen LogP contribution in [0, 0.1) is 6.92 Å². The van der Waals surface area contributed by atoms with Gasteiger partial charge in [0.25, 0.3) is 0 Å². The Morgan fingerprint density at radius 1 is 1.24 bits per heavy atom. The zero-order valence-electron chi connectivity index (χ0n) is 13.1. The molecule has 0 heterocycles. The van der Waals surface area contributed by atoms with Gasteiger partial charge in [0, 0.05) is 12.6 Å². The molecule has 2 N–H and O–H groups in total. The highest BCUT2D eigenvalue weighted by Gasteiger charge is 2.24. The van der Waals surface area contributed by atoms with Crippen molar-refractivity contribution in [1.29, 1.82) is 0 Å². The molecular weight excluding hydrogens is 294 g/mol. The van der Waals surface area contributed by atoms with Crippen LogP contribution >= 0.6 is 0 Å². The third-order valence-corrected chi connectivity index (χ3v) is 4.92. The maximum atomic E-state index is 12.4. The normalized spacial score (nSPS) is 14.6. The predicted molar refractivity (Wildman–Crippen MR) is 80.4 cm³/mol. The van der Waals surface area contributed by atoms with E-state index in [0.717, 1.165) is 0 Å². The van der Waals surface area contributed by atoms with Gasteiger partial charge in [-0.3, -0.25) is 0 Å². The molecule has 1 rings (SSSR count). The van der Waals surface area contributed by atoms with Crippen LogP contribution < -0.4 is 14.2 Å². The average Bonchev–Trinajstić information content (AvgIpc) is 2.44. The van der Waals surface area contributed by atoms with Gasteiger partial charge in [0.1, 0.15) is 0 Å². The molecule has 1 aromatic rings. The summed E-state index contributed by atoms with van der Waals surface area (Å²) >= 11 is 0. The molecule has 1 unspecified atom stereocenters. The van der Waals surface area contributed by atoms with E-state index < -0.39 is 15.6 Å². The number of aliphatic hydroxyl groups is 1. The van der Waals surface area contributed by atoms with Gasteiger partial charge in [-0.1, -0.05) is 6.92 Å². The van der Waals surface area contributed by atoms with Gasteiger partial charge in [-0.2, -0.15) is 0 Å². The Morgan fingerprint density at radius 3 is 2.24 bits per heavy atom. The van der Waals surface area contributed by atoms with Crippen LogP contribution in [-0.2, 0) is 10.0 Å². The minimum Gasteiger partial charge on any atom is -0.493 e. The largest absolute Gasteiger partial charge is 0.493 e. The molecule has 21 heavy (non-hydrogen) atoms. The second-order valence-electron chi connectivity index (χ2n) is 5.15. The monoisotopic (exact) mass is 317 g/mol. The van der Waals surface area contributed by atoms with E-state index >= 15 is 0 Å². The average molecular weight is 317 g/mol. The summed E-state index contributed by atoms with van der Waals surface area (Å²) < 4.78 is 37.4. The van der Waals surface area contributed by atoms with Crippen molar-refractivity contribution in [3.63, 3.8) is 0 Å². The maximum absolute atomic E-state index is 12.4. The summed E-state index contributed by atoms with van der Waals surface area (Å²) in [5, 5.41) is 9.91. The molecule has 0 aliphatic rings. The molecule has 0 aliphatic heterocycles. The van der Waals surface area contributed by atoms with Gasteiger partial charge >= 0.3 is 0 Å². The Hall–Kier alpha value is -1.31. The van der Waals surface area contributed by atoms with Crippen molar-refractivity contribution >= 4 is 10.0 Å². The van der Waals surface area contributed by atoms with Gasteiger partial charge in [0.05, 0.1) is 24.7 Å². The summed E-state index contributed by atoms with van der Waals surface area (Å²) in [5.74, 6) is 0.806. The highest BCUT2D eigenvalue weighted by atomic mass is 32.2. The van der Waals surface area contributed by atoms with Gasteiger partial charge in [-0.15, -0.1) is 0 Å². The van der Waals surface area contributed by atoms with Crippen molar-refractivity contribution in [2.45, 2.75) is 37.7 Å². The first-order chi connectivity index (χ1) is 9.66. The Labute approximate surface area is 126 Å². The molecule has 0 amide bonds. The zero-order chi connectivity index (χ0) is 16.3. The lowest BCUT2D eigenvalue weighted by Gasteiger charge is -2.22. The van der Waals surface area contributed by atoms with Crippen LogP contribution in [0.2, 0.25) is 0 Å². The second-order valence-corrected chi connectivity index (χ2v) is 6.88. The molecule has 0 saturated carbocycles. The Balaban J connectivity index is 3.14. The molecule has 0 spiro atoms. The number of methoxy groups -OCH3 is 2. The van der Waals surface area contributed by atoms with E-state index in [1.165, 1.54) is 20.3 Å². The molecule has 0 fully saturated rings. The third-order valence-electron chi connectivity index (χ3n) is 3.38. The first-order valence-electron chi connectivity index (χ1n) is 6.61. The number of rotatable bonds is 7. The molecule has 1 aromatic carbocycles. The third kappa shape index (κ3) is 4.33. The predicted octanol–water partition coefficient (Wildman–Crippen LogP) is 1.45. The molecule has 0 saturated heterocycles. The van der Waals surface area contributed by atoms with Crippen LogP contribution in [0.25, 0.3) is 0 Å². The lowest BCUT2D eigenvalue weighted by Crippen LogP contribution is -2.40. The van der Waals surface area contributed by atoms with Gasteiger partial charge in [-0.25, -0.2) is 13.1 Å². The Morgan fingerprint density at radius 2 is 1.76 bits per heavy atom. The van der Waals surface area contributed by atoms with Gasteiger partial charge in [0.2, 0.25) is 10.0 Å². The van der Waals surface area contributed by atoms with Gasteiger partial charge < -0.3 is 14.6 Å². The summed E-state index contributed by atoms with van der Waals surface area (Å²) in [6.45, 7) is 4.99. The van der Waals surface area contributed by atoms with Crippen molar-refractivity contribution < 1.29 is 23.0 Å². The first-order valence-corrected chi connectivity index (χ1v) is 8.10. The fourth-order valence-electron chi connectivity index (χ4n) is 1.70. The number of hydrogen-bond donors (Lipinski definition) is 2. The molecule has 0 aromatic heterocycles. The molecule has 120 valence electrons. The van der Waals surface area contributed by atoms with Crippen LogP contribution in [0.15, 0.2) is 17.0 Å². The number of hydrogen-bond acceptors (Lipinski definition) is 5. The van der Waals surface area contributed by atoms with E-state index in [0.29, 0.717) is 23.5 Å². The molecule has 7 heteroatoms. The van der Waals surface area contributed by atoms with E-state index in [2.05, 4.69) is 4.72 Å². The van der Waals surface area contributed by atoms with Crippen molar-refractivity contribution in [1.82, 2.24) is 4.72 Å². The van der Waals surface area contributed by atoms with Crippen LogP contribution in [0.3, 0.4) is 0 Å². The zero-order valence-corrected chi connectivity index (χ0v) is 13.9. The Bertz CT molecular complexity index is 596. The van der Waals surface area contributed by atoms with Crippen LogP contribution in [0.1, 0.15) is 25.8 Å². The number of sulfonamides is 1. The summed E-state index contributed by atoms with van der Waals surface area (Å²) in [7, 11) is -0.806. The summed E-state index contributed by atoms with van der Waals surface area (Å²) in [5.41, 5.74) is -0.548. The van der Waals surface area contributed by atoms with E-state index in [9.17, 15) is 13.5 Å². The first kappa shape index (κ1) is 17.7. The maximum Gasteiger partial charge on any atom is 0.241 e. The number of aryl methyl sites for hydroxylation is 1. The standard InChI is InChI=1S/C14H23NO5S/c1-6-14(3,16)9-15-21(17,18)13-8-12(20-5)11(19-4)7-10(13)2/h7-8,15-16H,6,9H2,1-5H3. The highest BCUT2D eigenvalue weighted by Crippen LogP contribution is 2.32. The molecule has 0 bridgehead atoms. The van der Waals surface area contributed by atoms with Gasteiger partial charge in [-0.05, 0) is 31.9 Å². The van der Waals surface area contributed by atoms with E-state index in [1.807, 2.05) is 0 Å². The van der Waals surface area contributed by atoms with Crippen molar-refractivity contribution in [2.24, 2.45) is 0 Å². The molecule has 0 aliphatic carbocycles. The fraction of sp³-hybridized carbons (Fsp3) is 0.571. The molecule has 0 radical (unpaired) electrons. The van der Waals surface area contributed by atoms with Gasteiger partial charge in [0.15, 0.2) is 11.5 Å². The number of benzene rings is 1. The minimum atomic E-state index is -3.74. The Kier molecular flexibility index (Phi) is 5.61. The van der Waals surface area contributed by atoms with Crippen LogP contribution in [0.4, 0.5) is 0 Å². The lowest BCUT2D eigenvalue weighted by molar-refractivity contribution is 0.0613. The second kappa shape index (κ2) is 6.64. The van der Waals surface area contributed by atoms with Crippen LogP contribution in [-0.4, -0.2) is 39.9 Å². The summed E-state index contributed by atoms with van der Waals surface area (Å²) in [6.07, 6.45) is 0.445. The van der Waals surface area contributed by atoms with Crippen LogP contribution in [0.5, 0.6) is 11.5 Å². The molecular formula is C14H23NO5S. The number of ether oxygens (including phenoxy) is 2. The smallest absolute Gasteiger partial charge is 0.241 e.